The van der Waals surface area contributed by atoms with Crippen molar-refractivity contribution >= 4 is 0 Å². The maximum atomic E-state index is 5.96. The molecule has 0 spiro atoms. The molecule has 4 heteroatoms. The lowest BCUT2D eigenvalue weighted by atomic mass is 9.99. The van der Waals surface area contributed by atoms with Crippen LogP contribution in [0.25, 0.3) is 0 Å². The average molecular weight is 264 g/mol. The molecule has 4 nitrogen and oxygen atoms in total. The summed E-state index contributed by atoms with van der Waals surface area (Å²) in [5, 5.41) is 0. The second-order valence-corrected chi connectivity index (χ2v) is 5.19. The fourth-order valence-electron chi connectivity index (χ4n) is 2.54. The number of ether oxygens (including phenoxy) is 2. The molecule has 1 heterocycles. The van der Waals surface area contributed by atoms with Gasteiger partial charge in [0, 0.05) is 25.2 Å². The summed E-state index contributed by atoms with van der Waals surface area (Å²) in [6.07, 6.45) is 2.18. The Labute approximate surface area is 115 Å². The van der Waals surface area contributed by atoms with Crippen LogP contribution in [-0.2, 0) is 0 Å². The molecule has 1 fully saturated rings. The quantitative estimate of drug-likeness (QED) is 0.882. The van der Waals surface area contributed by atoms with Crippen LogP contribution in [-0.4, -0.2) is 43.8 Å². The van der Waals surface area contributed by atoms with Crippen molar-refractivity contribution in [2.45, 2.75) is 31.8 Å². The highest BCUT2D eigenvalue weighted by Gasteiger charge is 2.22. The predicted octanol–water partition coefficient (Wildman–Crippen LogP) is 1.89. The largest absolute Gasteiger partial charge is 0.497 e. The van der Waals surface area contributed by atoms with Gasteiger partial charge in [0.25, 0.3) is 0 Å². The lowest BCUT2D eigenvalue weighted by Crippen LogP contribution is -2.46. The van der Waals surface area contributed by atoms with E-state index in [0.717, 1.165) is 37.4 Å². The van der Waals surface area contributed by atoms with Gasteiger partial charge in [0.15, 0.2) is 0 Å². The minimum absolute atomic E-state index is 0.369. The smallest absolute Gasteiger partial charge is 0.119 e. The minimum Gasteiger partial charge on any atom is -0.497 e. The standard InChI is InChI=1S/C15H24N2O2/c1-12-11-13(16)7-8-17(12)9-10-19-15-5-3-14(18-2)4-6-15/h3-6,12-13H,7-11,16H2,1-2H3. The van der Waals surface area contributed by atoms with Gasteiger partial charge in [0.05, 0.1) is 7.11 Å². The van der Waals surface area contributed by atoms with Crippen LogP contribution in [0.15, 0.2) is 24.3 Å². The molecule has 0 amide bonds. The number of methoxy groups -OCH3 is 1. The molecule has 1 saturated heterocycles. The van der Waals surface area contributed by atoms with Gasteiger partial charge >= 0.3 is 0 Å². The molecule has 19 heavy (non-hydrogen) atoms. The van der Waals surface area contributed by atoms with Crippen molar-refractivity contribution in [1.29, 1.82) is 0 Å². The highest BCUT2D eigenvalue weighted by atomic mass is 16.5. The van der Waals surface area contributed by atoms with Gasteiger partial charge < -0.3 is 15.2 Å². The summed E-state index contributed by atoms with van der Waals surface area (Å²) in [7, 11) is 1.66. The first-order valence-corrected chi connectivity index (χ1v) is 6.95. The van der Waals surface area contributed by atoms with Crippen LogP contribution >= 0.6 is 0 Å². The third-order valence-corrected chi connectivity index (χ3v) is 3.76. The van der Waals surface area contributed by atoms with E-state index in [1.165, 1.54) is 0 Å². The number of likely N-dealkylation sites (tertiary alicyclic amines) is 1. The zero-order valence-electron chi connectivity index (χ0n) is 11.8. The van der Waals surface area contributed by atoms with Gasteiger partial charge in [-0.2, -0.15) is 0 Å². The molecule has 106 valence electrons. The Kier molecular flexibility index (Phi) is 5.05. The van der Waals surface area contributed by atoms with Crippen LogP contribution in [0.3, 0.4) is 0 Å². The third-order valence-electron chi connectivity index (χ3n) is 3.76. The van der Waals surface area contributed by atoms with Crippen LogP contribution in [0, 0.1) is 0 Å². The molecule has 2 rings (SSSR count). The molecule has 0 aliphatic carbocycles. The highest BCUT2D eigenvalue weighted by Crippen LogP contribution is 2.18. The zero-order chi connectivity index (χ0) is 13.7. The SMILES string of the molecule is COc1ccc(OCCN2CCC(N)CC2C)cc1. The Morgan fingerprint density at radius 2 is 1.95 bits per heavy atom. The normalized spacial score (nSPS) is 24.2. The fourth-order valence-corrected chi connectivity index (χ4v) is 2.54. The monoisotopic (exact) mass is 264 g/mol. The number of rotatable bonds is 5. The van der Waals surface area contributed by atoms with E-state index in [1.807, 2.05) is 24.3 Å². The van der Waals surface area contributed by atoms with Gasteiger partial charge in [0.2, 0.25) is 0 Å². The average Bonchev–Trinajstić information content (AvgIpc) is 2.42. The van der Waals surface area contributed by atoms with Crippen molar-refractivity contribution in [3.8, 4) is 11.5 Å². The molecule has 2 unspecified atom stereocenters. The van der Waals surface area contributed by atoms with Crippen LogP contribution in [0.5, 0.6) is 11.5 Å². The maximum absolute atomic E-state index is 5.96. The fraction of sp³-hybridized carbons (Fsp3) is 0.600. The van der Waals surface area contributed by atoms with Crippen LogP contribution in [0.4, 0.5) is 0 Å². The van der Waals surface area contributed by atoms with E-state index in [2.05, 4.69) is 11.8 Å². The molecule has 1 aliphatic heterocycles. The van der Waals surface area contributed by atoms with Crippen molar-refractivity contribution in [3.63, 3.8) is 0 Å². The third kappa shape index (κ3) is 4.11. The number of nitrogens with zero attached hydrogens (tertiary/aromatic N) is 1. The Balaban J connectivity index is 1.73. The molecule has 2 atom stereocenters. The summed E-state index contributed by atoms with van der Waals surface area (Å²) in [6.45, 7) is 4.99. The van der Waals surface area contributed by atoms with E-state index in [1.54, 1.807) is 7.11 Å². The van der Waals surface area contributed by atoms with E-state index < -0.39 is 0 Å². The van der Waals surface area contributed by atoms with Gasteiger partial charge in [-0.25, -0.2) is 0 Å². The molecule has 0 aromatic heterocycles. The van der Waals surface area contributed by atoms with Crippen molar-refractivity contribution < 1.29 is 9.47 Å². The van der Waals surface area contributed by atoms with Crippen LogP contribution < -0.4 is 15.2 Å². The second kappa shape index (κ2) is 6.78. The zero-order valence-corrected chi connectivity index (χ0v) is 11.8. The van der Waals surface area contributed by atoms with Gasteiger partial charge in [-0.15, -0.1) is 0 Å². The Morgan fingerprint density at radius 3 is 2.58 bits per heavy atom. The molecule has 0 radical (unpaired) electrons. The second-order valence-electron chi connectivity index (χ2n) is 5.19. The topological polar surface area (TPSA) is 47.7 Å². The van der Waals surface area contributed by atoms with Crippen molar-refractivity contribution in [1.82, 2.24) is 4.90 Å². The number of hydrogen-bond acceptors (Lipinski definition) is 4. The van der Waals surface area contributed by atoms with Crippen molar-refractivity contribution in [2.24, 2.45) is 5.73 Å². The Morgan fingerprint density at radius 1 is 1.26 bits per heavy atom. The van der Waals surface area contributed by atoms with Crippen molar-refractivity contribution in [3.05, 3.63) is 24.3 Å². The summed E-state index contributed by atoms with van der Waals surface area (Å²) in [6, 6.07) is 8.63. The van der Waals surface area contributed by atoms with Gasteiger partial charge in [-0.05, 0) is 44.0 Å². The summed E-state index contributed by atoms with van der Waals surface area (Å²) in [5.41, 5.74) is 5.96. The maximum Gasteiger partial charge on any atom is 0.119 e. The molecular weight excluding hydrogens is 240 g/mol. The van der Waals surface area contributed by atoms with E-state index in [4.69, 9.17) is 15.2 Å². The lowest BCUT2D eigenvalue weighted by molar-refractivity contribution is 0.123. The molecule has 1 aromatic carbocycles. The van der Waals surface area contributed by atoms with E-state index in [-0.39, 0.29) is 0 Å². The first-order chi connectivity index (χ1) is 9.19. The molecular formula is C15H24N2O2. The number of benzene rings is 1. The first kappa shape index (κ1) is 14.2. The molecule has 0 bridgehead atoms. The Bertz CT molecular complexity index is 380. The molecule has 1 aromatic rings. The minimum atomic E-state index is 0.369. The number of hydrogen-bond donors (Lipinski definition) is 1. The van der Waals surface area contributed by atoms with Gasteiger partial charge in [0.1, 0.15) is 18.1 Å². The van der Waals surface area contributed by atoms with Crippen LogP contribution in [0.1, 0.15) is 19.8 Å². The van der Waals surface area contributed by atoms with E-state index in [0.29, 0.717) is 18.7 Å². The summed E-state index contributed by atoms with van der Waals surface area (Å²) >= 11 is 0. The Hall–Kier alpha value is -1.26. The van der Waals surface area contributed by atoms with Crippen LogP contribution in [0.2, 0.25) is 0 Å². The highest BCUT2D eigenvalue weighted by molar-refractivity contribution is 5.31. The molecule has 1 aliphatic rings. The van der Waals surface area contributed by atoms with Gasteiger partial charge in [-0.1, -0.05) is 0 Å². The van der Waals surface area contributed by atoms with Crippen molar-refractivity contribution in [2.75, 3.05) is 26.8 Å². The summed E-state index contributed by atoms with van der Waals surface area (Å²) in [5.74, 6) is 1.74. The number of nitrogens with two attached hydrogens (primary N) is 1. The van der Waals surface area contributed by atoms with E-state index >= 15 is 0 Å². The number of piperidine rings is 1. The van der Waals surface area contributed by atoms with Gasteiger partial charge in [-0.3, -0.25) is 4.90 Å². The summed E-state index contributed by atoms with van der Waals surface area (Å²) in [4.78, 5) is 2.45. The molecule has 0 saturated carbocycles. The lowest BCUT2D eigenvalue weighted by Gasteiger charge is -2.36. The van der Waals surface area contributed by atoms with E-state index in [9.17, 15) is 0 Å². The summed E-state index contributed by atoms with van der Waals surface area (Å²) < 4.78 is 10.9. The predicted molar refractivity (Wildman–Crippen MR) is 76.7 cm³/mol. The molecule has 2 N–H and O–H groups in total. The first-order valence-electron chi connectivity index (χ1n) is 6.95.